The molecule has 134 valence electrons. The first kappa shape index (κ1) is 17.7. The number of nitrogens with zero attached hydrogens (tertiary/aromatic N) is 2. The number of anilines is 2. The van der Waals surface area contributed by atoms with E-state index in [1.807, 2.05) is 6.07 Å². The van der Waals surface area contributed by atoms with Crippen molar-refractivity contribution in [1.29, 1.82) is 5.26 Å². The fourth-order valence-electron chi connectivity index (χ4n) is 3.14. The molecule has 1 heterocycles. The van der Waals surface area contributed by atoms with Crippen LogP contribution in [0.3, 0.4) is 0 Å². The molecule has 1 aromatic carbocycles. The van der Waals surface area contributed by atoms with E-state index in [9.17, 15) is 9.59 Å². The van der Waals surface area contributed by atoms with E-state index in [-0.39, 0.29) is 23.7 Å². The van der Waals surface area contributed by atoms with E-state index in [0.717, 1.165) is 0 Å². The fourth-order valence-corrected chi connectivity index (χ4v) is 3.14. The normalized spacial score (nSPS) is 19.4. The molecule has 2 amide bonds. The van der Waals surface area contributed by atoms with Gasteiger partial charge >= 0.3 is 0 Å². The van der Waals surface area contributed by atoms with Gasteiger partial charge in [0.15, 0.2) is 5.82 Å². The minimum atomic E-state index is -0.119. The molecular weight excluding hydrogens is 332 g/mol. The lowest BCUT2D eigenvalue weighted by atomic mass is 9.81. The third-order valence-corrected chi connectivity index (χ3v) is 4.63. The van der Waals surface area contributed by atoms with Crippen molar-refractivity contribution in [1.82, 2.24) is 5.16 Å². The van der Waals surface area contributed by atoms with Gasteiger partial charge in [-0.15, -0.1) is 0 Å². The second-order valence-corrected chi connectivity index (χ2v) is 6.54. The van der Waals surface area contributed by atoms with E-state index in [2.05, 4.69) is 15.8 Å². The van der Waals surface area contributed by atoms with Gasteiger partial charge in [0.25, 0.3) is 0 Å². The maximum absolute atomic E-state index is 12.4. The van der Waals surface area contributed by atoms with Crippen LogP contribution in [0.4, 0.5) is 11.5 Å². The number of aryl methyl sites for hydroxylation is 1. The second-order valence-electron chi connectivity index (χ2n) is 6.54. The predicted molar refractivity (Wildman–Crippen MR) is 95.1 cm³/mol. The van der Waals surface area contributed by atoms with E-state index >= 15 is 0 Å². The molecular formula is C19H20N4O3. The van der Waals surface area contributed by atoms with Crippen LogP contribution in [0.5, 0.6) is 0 Å². The number of carbonyl (C=O) groups excluding carboxylic acids is 2. The van der Waals surface area contributed by atoms with Crippen LogP contribution in [0.25, 0.3) is 0 Å². The van der Waals surface area contributed by atoms with Gasteiger partial charge in [0.1, 0.15) is 5.76 Å². The van der Waals surface area contributed by atoms with E-state index < -0.39 is 0 Å². The molecule has 0 unspecified atom stereocenters. The zero-order valence-electron chi connectivity index (χ0n) is 14.5. The average Bonchev–Trinajstić information content (AvgIpc) is 3.07. The van der Waals surface area contributed by atoms with Gasteiger partial charge in [0, 0.05) is 23.6 Å². The molecule has 1 saturated carbocycles. The highest BCUT2D eigenvalue weighted by Gasteiger charge is 2.30. The summed E-state index contributed by atoms with van der Waals surface area (Å²) in [5, 5.41) is 18.2. The van der Waals surface area contributed by atoms with Gasteiger partial charge in [0.2, 0.25) is 11.8 Å². The summed E-state index contributed by atoms with van der Waals surface area (Å²) in [5.41, 5.74) is 1.23. The molecule has 1 fully saturated rings. The second kappa shape index (κ2) is 7.83. The van der Waals surface area contributed by atoms with Crippen molar-refractivity contribution < 1.29 is 14.1 Å². The third-order valence-electron chi connectivity index (χ3n) is 4.63. The zero-order valence-corrected chi connectivity index (χ0v) is 14.5. The third kappa shape index (κ3) is 4.28. The van der Waals surface area contributed by atoms with Crippen molar-refractivity contribution in [2.24, 2.45) is 11.8 Å². The molecule has 0 atom stereocenters. The summed E-state index contributed by atoms with van der Waals surface area (Å²) >= 11 is 0. The number of nitriles is 1. The van der Waals surface area contributed by atoms with E-state index in [1.54, 1.807) is 37.3 Å². The molecule has 1 aliphatic rings. The first-order chi connectivity index (χ1) is 12.5. The van der Waals surface area contributed by atoms with Crippen molar-refractivity contribution in [3.63, 3.8) is 0 Å². The van der Waals surface area contributed by atoms with Crippen molar-refractivity contribution in [2.75, 3.05) is 10.6 Å². The van der Waals surface area contributed by atoms with Gasteiger partial charge < -0.3 is 15.2 Å². The Labute approximate surface area is 151 Å². The van der Waals surface area contributed by atoms with Crippen LogP contribution in [0.1, 0.15) is 37.0 Å². The zero-order chi connectivity index (χ0) is 18.5. The van der Waals surface area contributed by atoms with Crippen molar-refractivity contribution in [3.05, 3.63) is 41.7 Å². The Bertz CT molecular complexity index is 827. The van der Waals surface area contributed by atoms with Crippen molar-refractivity contribution in [3.8, 4) is 6.07 Å². The Balaban J connectivity index is 1.48. The molecule has 2 N–H and O–H groups in total. The van der Waals surface area contributed by atoms with Gasteiger partial charge in [-0.3, -0.25) is 9.59 Å². The molecule has 0 spiro atoms. The number of aromatic nitrogens is 1. The van der Waals surface area contributed by atoms with Gasteiger partial charge in [-0.2, -0.15) is 5.26 Å². The minimum Gasteiger partial charge on any atom is -0.360 e. The smallest absolute Gasteiger partial charge is 0.228 e. The van der Waals surface area contributed by atoms with Gasteiger partial charge in [-0.1, -0.05) is 5.16 Å². The summed E-state index contributed by atoms with van der Waals surface area (Å²) in [6, 6.07) is 10.5. The van der Waals surface area contributed by atoms with Crippen LogP contribution < -0.4 is 10.6 Å². The van der Waals surface area contributed by atoms with Crippen LogP contribution in [0, 0.1) is 30.1 Å². The maximum Gasteiger partial charge on any atom is 0.228 e. The summed E-state index contributed by atoms with van der Waals surface area (Å²) < 4.78 is 4.94. The lowest BCUT2D eigenvalue weighted by Gasteiger charge is -2.26. The SMILES string of the molecule is Cc1cc(NC(=O)C2CCC(C(=O)Nc3ccc(C#N)cc3)CC2)no1. The molecule has 0 bridgehead atoms. The highest BCUT2D eigenvalue weighted by atomic mass is 16.5. The fraction of sp³-hybridized carbons (Fsp3) is 0.368. The average molecular weight is 352 g/mol. The summed E-state index contributed by atoms with van der Waals surface area (Å²) in [4.78, 5) is 24.7. The van der Waals surface area contributed by atoms with Crippen LogP contribution >= 0.6 is 0 Å². The summed E-state index contributed by atoms with van der Waals surface area (Å²) in [6.07, 6.45) is 2.65. The molecule has 0 aliphatic heterocycles. The Morgan fingerprint density at radius 3 is 2.15 bits per heavy atom. The topological polar surface area (TPSA) is 108 Å². The molecule has 0 radical (unpaired) electrons. The molecule has 0 saturated heterocycles. The first-order valence-electron chi connectivity index (χ1n) is 8.60. The molecule has 1 aromatic heterocycles. The number of amides is 2. The number of benzene rings is 1. The van der Waals surface area contributed by atoms with Crippen LogP contribution in [-0.2, 0) is 9.59 Å². The molecule has 1 aliphatic carbocycles. The monoisotopic (exact) mass is 352 g/mol. The quantitative estimate of drug-likeness (QED) is 0.878. The standard InChI is InChI=1S/C19H20N4O3/c1-12-10-17(23-26-12)22-19(25)15-6-4-14(5-7-15)18(24)21-16-8-2-13(11-20)3-9-16/h2-3,8-10,14-15H,4-7H2,1H3,(H,21,24)(H,22,23,25). The molecule has 7 nitrogen and oxygen atoms in total. The molecule has 26 heavy (non-hydrogen) atoms. The number of carbonyl (C=O) groups is 2. The van der Waals surface area contributed by atoms with E-state index in [4.69, 9.17) is 9.78 Å². The molecule has 7 heteroatoms. The van der Waals surface area contributed by atoms with Gasteiger partial charge in [0.05, 0.1) is 11.6 Å². The van der Waals surface area contributed by atoms with Crippen LogP contribution in [-0.4, -0.2) is 17.0 Å². The van der Waals surface area contributed by atoms with E-state index in [0.29, 0.717) is 48.5 Å². The Hall–Kier alpha value is -3.14. The van der Waals surface area contributed by atoms with Crippen molar-refractivity contribution >= 4 is 23.3 Å². The van der Waals surface area contributed by atoms with Gasteiger partial charge in [-0.05, 0) is 56.9 Å². The molecule has 3 rings (SSSR count). The van der Waals surface area contributed by atoms with E-state index in [1.165, 1.54) is 0 Å². The van der Waals surface area contributed by atoms with Crippen LogP contribution in [0.2, 0.25) is 0 Å². The number of rotatable bonds is 4. The largest absolute Gasteiger partial charge is 0.360 e. The highest BCUT2D eigenvalue weighted by molar-refractivity contribution is 5.94. The lowest BCUT2D eigenvalue weighted by molar-refractivity contribution is -0.125. The number of hydrogen-bond donors (Lipinski definition) is 2. The summed E-state index contributed by atoms with van der Waals surface area (Å²) in [5.74, 6) is 0.719. The molecule has 2 aromatic rings. The lowest BCUT2D eigenvalue weighted by Crippen LogP contribution is -2.32. The van der Waals surface area contributed by atoms with Crippen molar-refractivity contribution in [2.45, 2.75) is 32.6 Å². The first-order valence-corrected chi connectivity index (χ1v) is 8.60. The Morgan fingerprint density at radius 1 is 1.08 bits per heavy atom. The maximum atomic E-state index is 12.4. The Morgan fingerprint density at radius 2 is 1.65 bits per heavy atom. The van der Waals surface area contributed by atoms with Gasteiger partial charge in [-0.25, -0.2) is 0 Å². The Kier molecular flexibility index (Phi) is 5.32. The summed E-state index contributed by atoms with van der Waals surface area (Å²) in [7, 11) is 0. The summed E-state index contributed by atoms with van der Waals surface area (Å²) in [6.45, 7) is 1.76. The van der Waals surface area contributed by atoms with Crippen LogP contribution in [0.15, 0.2) is 34.9 Å². The number of nitrogens with one attached hydrogen (secondary N) is 2. The number of hydrogen-bond acceptors (Lipinski definition) is 5. The minimum absolute atomic E-state index is 0.0410. The predicted octanol–water partition coefficient (Wildman–Crippen LogP) is 3.24. The highest BCUT2D eigenvalue weighted by Crippen LogP contribution is 2.30.